The van der Waals surface area contributed by atoms with Crippen LogP contribution in [0.3, 0.4) is 0 Å². The number of hydrogen-bond acceptors (Lipinski definition) is 4. The van der Waals surface area contributed by atoms with Crippen LogP contribution in [0.25, 0.3) is 0 Å². The molecule has 0 atom stereocenters. The Bertz CT molecular complexity index is 577. The van der Waals surface area contributed by atoms with Crippen molar-refractivity contribution >= 4 is 25.7 Å². The first-order valence-corrected chi connectivity index (χ1v) is 7.63. The van der Waals surface area contributed by atoms with Crippen molar-refractivity contribution in [1.82, 2.24) is 0 Å². The molecule has 0 spiro atoms. The molecule has 0 aromatic heterocycles. The van der Waals surface area contributed by atoms with Gasteiger partial charge in [0.2, 0.25) is 0 Å². The monoisotopic (exact) mass is 290 g/mol. The summed E-state index contributed by atoms with van der Waals surface area (Å²) in [6.45, 7) is 0.452. The molecular formula is C11H11ClO5S. The van der Waals surface area contributed by atoms with E-state index in [1.165, 1.54) is 12.1 Å². The van der Waals surface area contributed by atoms with Gasteiger partial charge in [0.1, 0.15) is 11.3 Å². The van der Waals surface area contributed by atoms with Gasteiger partial charge in [0.25, 0.3) is 9.05 Å². The topological polar surface area (TPSA) is 80.7 Å². The molecule has 1 aliphatic rings. The zero-order valence-corrected chi connectivity index (χ0v) is 10.9. The summed E-state index contributed by atoms with van der Waals surface area (Å²) in [5.74, 6) is -0.607. The lowest BCUT2D eigenvalue weighted by atomic mass is 10.2. The number of carboxylic acids is 1. The Hall–Kier alpha value is -1.27. The quantitative estimate of drug-likeness (QED) is 0.840. The molecule has 1 N–H and O–H groups in total. The van der Waals surface area contributed by atoms with Crippen molar-refractivity contribution < 1.29 is 23.1 Å². The molecule has 1 saturated carbocycles. The molecule has 18 heavy (non-hydrogen) atoms. The van der Waals surface area contributed by atoms with Gasteiger partial charge in [-0.2, -0.15) is 0 Å². The van der Waals surface area contributed by atoms with Crippen LogP contribution in [-0.4, -0.2) is 26.1 Å². The highest BCUT2D eigenvalue weighted by atomic mass is 35.7. The Labute approximate surface area is 109 Å². The second kappa shape index (κ2) is 4.78. The van der Waals surface area contributed by atoms with Crippen molar-refractivity contribution in [2.24, 2.45) is 5.92 Å². The van der Waals surface area contributed by atoms with Gasteiger partial charge in [-0.15, -0.1) is 0 Å². The molecule has 5 nitrogen and oxygen atoms in total. The van der Waals surface area contributed by atoms with Crippen LogP contribution >= 0.6 is 10.7 Å². The van der Waals surface area contributed by atoms with Crippen LogP contribution in [0.2, 0.25) is 0 Å². The molecule has 7 heteroatoms. The summed E-state index contributed by atoms with van der Waals surface area (Å²) < 4.78 is 27.6. The predicted molar refractivity (Wildman–Crippen MR) is 64.7 cm³/mol. The Morgan fingerprint density at radius 3 is 2.61 bits per heavy atom. The average molecular weight is 291 g/mol. The van der Waals surface area contributed by atoms with Crippen LogP contribution in [0.4, 0.5) is 0 Å². The molecule has 1 aliphatic carbocycles. The lowest BCUT2D eigenvalue weighted by Crippen LogP contribution is -2.06. The van der Waals surface area contributed by atoms with Gasteiger partial charge in [-0.25, -0.2) is 13.2 Å². The molecule has 98 valence electrons. The molecular weight excluding hydrogens is 280 g/mol. The Balaban J connectivity index is 2.31. The summed E-state index contributed by atoms with van der Waals surface area (Å²) in [7, 11) is 1.22. The van der Waals surface area contributed by atoms with Crippen molar-refractivity contribution in [2.45, 2.75) is 17.7 Å². The normalized spacial score (nSPS) is 15.4. The lowest BCUT2D eigenvalue weighted by Gasteiger charge is -2.09. The standard InChI is InChI=1S/C11H11ClO5S/c12-18(15,16)8-3-4-10(9(5-8)11(13)14)17-6-7-1-2-7/h3-5,7H,1-2,6H2,(H,13,14). The van der Waals surface area contributed by atoms with Gasteiger partial charge < -0.3 is 9.84 Å². The van der Waals surface area contributed by atoms with Crippen molar-refractivity contribution in [3.63, 3.8) is 0 Å². The van der Waals surface area contributed by atoms with Crippen LogP contribution in [-0.2, 0) is 9.05 Å². The van der Waals surface area contributed by atoms with Crippen molar-refractivity contribution in [3.8, 4) is 5.75 Å². The number of carbonyl (C=O) groups is 1. The number of aromatic carboxylic acids is 1. The maximum absolute atomic E-state index is 11.1. The molecule has 1 fully saturated rings. The zero-order valence-electron chi connectivity index (χ0n) is 9.30. The van der Waals surface area contributed by atoms with Gasteiger partial charge in [0, 0.05) is 10.7 Å². The average Bonchev–Trinajstić information content (AvgIpc) is 3.08. The largest absolute Gasteiger partial charge is 0.492 e. The molecule has 0 amide bonds. The maximum atomic E-state index is 11.1. The summed E-state index contributed by atoms with van der Waals surface area (Å²) in [4.78, 5) is 10.8. The molecule has 0 bridgehead atoms. The second-order valence-corrected chi connectivity index (χ2v) is 6.72. The fourth-order valence-corrected chi connectivity index (χ4v) is 2.22. The van der Waals surface area contributed by atoms with E-state index in [4.69, 9.17) is 20.5 Å². The van der Waals surface area contributed by atoms with Gasteiger partial charge in [-0.3, -0.25) is 0 Å². The lowest BCUT2D eigenvalue weighted by molar-refractivity contribution is 0.0691. The molecule has 1 aromatic carbocycles. The van der Waals surface area contributed by atoms with E-state index in [9.17, 15) is 13.2 Å². The van der Waals surface area contributed by atoms with E-state index >= 15 is 0 Å². The number of ether oxygens (including phenoxy) is 1. The number of halogens is 1. The first kappa shape index (κ1) is 13.2. The molecule has 0 aliphatic heterocycles. The van der Waals surface area contributed by atoms with Gasteiger partial charge >= 0.3 is 5.97 Å². The van der Waals surface area contributed by atoms with E-state index in [0.29, 0.717) is 12.5 Å². The Morgan fingerprint density at radius 1 is 1.44 bits per heavy atom. The SMILES string of the molecule is O=C(O)c1cc(S(=O)(=O)Cl)ccc1OCC1CC1. The van der Waals surface area contributed by atoms with Crippen LogP contribution in [0.1, 0.15) is 23.2 Å². The fourth-order valence-electron chi connectivity index (χ4n) is 1.45. The van der Waals surface area contributed by atoms with Crippen molar-refractivity contribution in [2.75, 3.05) is 6.61 Å². The second-order valence-electron chi connectivity index (χ2n) is 4.16. The molecule has 1 aromatic rings. The Kier molecular flexibility index (Phi) is 3.49. The van der Waals surface area contributed by atoms with Crippen molar-refractivity contribution in [3.05, 3.63) is 23.8 Å². The third-order valence-corrected chi connectivity index (χ3v) is 3.99. The molecule has 0 radical (unpaired) electrons. The highest BCUT2D eigenvalue weighted by molar-refractivity contribution is 8.13. The van der Waals surface area contributed by atoms with Crippen LogP contribution < -0.4 is 4.74 Å². The number of rotatable bonds is 5. The smallest absolute Gasteiger partial charge is 0.339 e. The number of benzene rings is 1. The highest BCUT2D eigenvalue weighted by Crippen LogP contribution is 2.31. The summed E-state index contributed by atoms with van der Waals surface area (Å²) in [6, 6.07) is 3.56. The van der Waals surface area contributed by atoms with Gasteiger partial charge in [0.05, 0.1) is 11.5 Å². The maximum Gasteiger partial charge on any atom is 0.339 e. The van der Waals surface area contributed by atoms with E-state index < -0.39 is 15.0 Å². The van der Waals surface area contributed by atoms with Crippen LogP contribution in [0.15, 0.2) is 23.1 Å². The van der Waals surface area contributed by atoms with Gasteiger partial charge in [0.15, 0.2) is 0 Å². The molecule has 2 rings (SSSR count). The summed E-state index contributed by atoms with van der Waals surface area (Å²) in [6.07, 6.45) is 2.16. The van der Waals surface area contributed by atoms with Crippen molar-refractivity contribution in [1.29, 1.82) is 0 Å². The highest BCUT2D eigenvalue weighted by Gasteiger charge is 2.24. The summed E-state index contributed by atoms with van der Waals surface area (Å²) >= 11 is 0. The molecule has 0 saturated heterocycles. The fraction of sp³-hybridized carbons (Fsp3) is 0.364. The van der Waals surface area contributed by atoms with Gasteiger partial charge in [-0.05, 0) is 37.0 Å². The minimum atomic E-state index is -3.94. The first-order chi connectivity index (χ1) is 8.38. The summed E-state index contributed by atoms with van der Waals surface area (Å²) in [5, 5.41) is 9.02. The van der Waals surface area contributed by atoms with E-state index in [1.807, 2.05) is 0 Å². The van der Waals surface area contributed by atoms with E-state index in [1.54, 1.807) is 0 Å². The minimum absolute atomic E-state index is 0.165. The molecule has 0 heterocycles. The number of carboxylic acid groups (broad SMARTS) is 1. The molecule has 0 unspecified atom stereocenters. The number of hydrogen-bond donors (Lipinski definition) is 1. The predicted octanol–water partition coefficient (Wildman–Crippen LogP) is 2.10. The van der Waals surface area contributed by atoms with Gasteiger partial charge in [-0.1, -0.05) is 0 Å². The van der Waals surface area contributed by atoms with E-state index in [-0.39, 0.29) is 16.2 Å². The summed E-state index contributed by atoms with van der Waals surface area (Å²) in [5.41, 5.74) is -0.197. The minimum Gasteiger partial charge on any atom is -0.492 e. The third kappa shape index (κ3) is 3.14. The van der Waals surface area contributed by atoms with E-state index in [0.717, 1.165) is 18.9 Å². The third-order valence-electron chi connectivity index (χ3n) is 2.63. The first-order valence-electron chi connectivity index (χ1n) is 5.33. The van der Waals surface area contributed by atoms with Crippen LogP contribution in [0, 0.1) is 5.92 Å². The van der Waals surface area contributed by atoms with Crippen LogP contribution in [0.5, 0.6) is 5.75 Å². The van der Waals surface area contributed by atoms with E-state index in [2.05, 4.69) is 0 Å². The zero-order chi connectivity index (χ0) is 13.3. The Morgan fingerprint density at radius 2 is 2.11 bits per heavy atom.